The van der Waals surface area contributed by atoms with Gasteiger partial charge >= 0.3 is 12.0 Å². The number of carboxylic acid groups (broad SMARTS) is 1. The van der Waals surface area contributed by atoms with Gasteiger partial charge in [0.15, 0.2) is 0 Å². The summed E-state index contributed by atoms with van der Waals surface area (Å²) in [5.74, 6) is -1.03. The van der Waals surface area contributed by atoms with Crippen molar-refractivity contribution in [1.29, 1.82) is 0 Å². The molecule has 0 bridgehead atoms. The summed E-state index contributed by atoms with van der Waals surface area (Å²) >= 11 is 0. The number of carbonyl (C=O) groups excluding carboxylic acids is 1. The summed E-state index contributed by atoms with van der Waals surface area (Å²) in [7, 11) is 3.03. The summed E-state index contributed by atoms with van der Waals surface area (Å²) in [4.78, 5) is 24.1. The lowest BCUT2D eigenvalue weighted by molar-refractivity contribution is -0.137. The SMILES string of the molecule is C=CCN(C)C(=O)N(C)CC(=O)O. The first-order valence-electron chi connectivity index (χ1n) is 3.78. The number of carboxylic acids is 1. The summed E-state index contributed by atoms with van der Waals surface area (Å²) in [6.07, 6.45) is 1.58. The molecule has 0 aromatic rings. The van der Waals surface area contributed by atoms with E-state index in [1.54, 1.807) is 13.1 Å². The fourth-order valence-electron chi connectivity index (χ4n) is 0.834. The lowest BCUT2D eigenvalue weighted by atomic mass is 10.5. The highest BCUT2D eigenvalue weighted by atomic mass is 16.4. The molecule has 5 nitrogen and oxygen atoms in total. The number of hydrogen-bond acceptors (Lipinski definition) is 2. The van der Waals surface area contributed by atoms with Crippen LogP contribution in [0.3, 0.4) is 0 Å². The van der Waals surface area contributed by atoms with Crippen molar-refractivity contribution >= 4 is 12.0 Å². The van der Waals surface area contributed by atoms with Crippen molar-refractivity contribution in [3.8, 4) is 0 Å². The Balaban J connectivity index is 4.08. The van der Waals surface area contributed by atoms with Gasteiger partial charge in [0.2, 0.25) is 0 Å². The Morgan fingerprint density at radius 2 is 1.92 bits per heavy atom. The Bertz CT molecular complexity index is 215. The van der Waals surface area contributed by atoms with Gasteiger partial charge in [0.1, 0.15) is 6.54 Å². The zero-order valence-electron chi connectivity index (χ0n) is 7.86. The number of rotatable bonds is 4. The molecule has 5 heteroatoms. The van der Waals surface area contributed by atoms with Crippen molar-refractivity contribution in [2.45, 2.75) is 0 Å². The zero-order chi connectivity index (χ0) is 10.4. The molecule has 0 saturated heterocycles. The molecule has 0 aliphatic heterocycles. The number of amides is 2. The third kappa shape index (κ3) is 4.15. The van der Waals surface area contributed by atoms with E-state index >= 15 is 0 Å². The molecule has 0 atom stereocenters. The van der Waals surface area contributed by atoms with Crippen LogP contribution in [0.1, 0.15) is 0 Å². The van der Waals surface area contributed by atoms with Crippen LogP contribution in [0.4, 0.5) is 4.79 Å². The Morgan fingerprint density at radius 3 is 2.31 bits per heavy atom. The molecule has 0 spiro atoms. The number of likely N-dealkylation sites (N-methyl/N-ethyl adjacent to an activating group) is 2. The Labute approximate surface area is 77.2 Å². The molecule has 0 rings (SSSR count). The van der Waals surface area contributed by atoms with Crippen LogP contribution < -0.4 is 0 Å². The van der Waals surface area contributed by atoms with Crippen LogP contribution in [0.2, 0.25) is 0 Å². The number of aliphatic carboxylic acids is 1. The third-order valence-electron chi connectivity index (χ3n) is 1.43. The van der Waals surface area contributed by atoms with Crippen molar-refractivity contribution in [2.24, 2.45) is 0 Å². The minimum atomic E-state index is -1.03. The average Bonchev–Trinajstić information content (AvgIpc) is 2.02. The quantitative estimate of drug-likeness (QED) is 0.640. The Morgan fingerprint density at radius 1 is 1.38 bits per heavy atom. The van der Waals surface area contributed by atoms with Gasteiger partial charge < -0.3 is 14.9 Å². The molecule has 2 amide bonds. The van der Waals surface area contributed by atoms with Gasteiger partial charge in [-0.3, -0.25) is 4.79 Å². The number of urea groups is 1. The maximum atomic E-state index is 11.3. The fourth-order valence-corrected chi connectivity index (χ4v) is 0.834. The minimum Gasteiger partial charge on any atom is -0.480 e. The van der Waals surface area contributed by atoms with Gasteiger partial charge in [-0.25, -0.2) is 4.79 Å². The second-order valence-electron chi connectivity index (χ2n) is 2.70. The predicted octanol–water partition coefficient (Wildman–Crippen LogP) is 0.241. The van der Waals surface area contributed by atoms with Gasteiger partial charge in [0, 0.05) is 20.6 Å². The van der Waals surface area contributed by atoms with Crippen molar-refractivity contribution in [2.75, 3.05) is 27.2 Å². The number of carbonyl (C=O) groups is 2. The second kappa shape index (κ2) is 5.18. The summed E-state index contributed by atoms with van der Waals surface area (Å²) in [5, 5.41) is 8.41. The Hall–Kier alpha value is -1.52. The minimum absolute atomic E-state index is 0.291. The van der Waals surface area contributed by atoms with E-state index in [2.05, 4.69) is 6.58 Å². The van der Waals surface area contributed by atoms with Crippen LogP contribution in [-0.4, -0.2) is 54.1 Å². The molecule has 0 fully saturated rings. The summed E-state index contributed by atoms with van der Waals surface area (Å²) < 4.78 is 0. The number of hydrogen-bond donors (Lipinski definition) is 1. The molecular formula is C8H14N2O3. The highest BCUT2D eigenvalue weighted by molar-refractivity contribution is 5.79. The predicted molar refractivity (Wildman–Crippen MR) is 48.5 cm³/mol. The molecule has 1 N–H and O–H groups in total. The lowest BCUT2D eigenvalue weighted by Gasteiger charge is -2.22. The van der Waals surface area contributed by atoms with Crippen molar-refractivity contribution in [3.05, 3.63) is 12.7 Å². The molecule has 0 aromatic carbocycles. The van der Waals surface area contributed by atoms with Crippen LogP contribution >= 0.6 is 0 Å². The van der Waals surface area contributed by atoms with Gasteiger partial charge in [-0.15, -0.1) is 6.58 Å². The van der Waals surface area contributed by atoms with Crippen LogP contribution in [0.5, 0.6) is 0 Å². The molecule has 0 heterocycles. The molecule has 0 aliphatic rings. The second-order valence-corrected chi connectivity index (χ2v) is 2.70. The molecule has 0 aromatic heterocycles. The zero-order valence-corrected chi connectivity index (χ0v) is 7.86. The summed E-state index contributed by atoms with van der Waals surface area (Å²) in [6.45, 7) is 3.59. The highest BCUT2D eigenvalue weighted by Crippen LogP contribution is 1.93. The summed E-state index contributed by atoms with van der Waals surface area (Å²) in [5.41, 5.74) is 0. The molecule has 0 radical (unpaired) electrons. The molecule has 0 aliphatic carbocycles. The standard InChI is InChI=1S/C8H14N2O3/c1-4-5-9(2)8(13)10(3)6-7(11)12/h4H,1,5-6H2,2-3H3,(H,11,12). The van der Waals surface area contributed by atoms with E-state index < -0.39 is 5.97 Å². The van der Waals surface area contributed by atoms with Crippen molar-refractivity contribution in [1.82, 2.24) is 9.80 Å². The fraction of sp³-hybridized carbons (Fsp3) is 0.500. The van der Waals surface area contributed by atoms with Gasteiger partial charge in [-0.1, -0.05) is 6.08 Å². The maximum Gasteiger partial charge on any atom is 0.323 e. The molecule has 74 valence electrons. The van der Waals surface area contributed by atoms with Crippen molar-refractivity contribution < 1.29 is 14.7 Å². The topological polar surface area (TPSA) is 60.9 Å². The maximum absolute atomic E-state index is 11.3. The first kappa shape index (κ1) is 11.5. The van der Waals surface area contributed by atoms with E-state index in [4.69, 9.17) is 5.11 Å². The lowest BCUT2D eigenvalue weighted by Crippen LogP contribution is -2.41. The molecule has 13 heavy (non-hydrogen) atoms. The van der Waals surface area contributed by atoms with Gasteiger partial charge in [0.25, 0.3) is 0 Å². The van der Waals surface area contributed by atoms with E-state index in [9.17, 15) is 9.59 Å². The highest BCUT2D eigenvalue weighted by Gasteiger charge is 2.14. The van der Waals surface area contributed by atoms with E-state index in [-0.39, 0.29) is 12.6 Å². The van der Waals surface area contributed by atoms with Crippen LogP contribution in [0, 0.1) is 0 Å². The van der Waals surface area contributed by atoms with E-state index in [0.717, 1.165) is 4.90 Å². The monoisotopic (exact) mass is 186 g/mol. The first-order chi connectivity index (χ1) is 5.99. The van der Waals surface area contributed by atoms with E-state index in [1.165, 1.54) is 11.9 Å². The van der Waals surface area contributed by atoms with Gasteiger partial charge in [-0.05, 0) is 0 Å². The first-order valence-corrected chi connectivity index (χ1v) is 3.78. The number of nitrogens with zero attached hydrogens (tertiary/aromatic N) is 2. The van der Waals surface area contributed by atoms with E-state index in [1.807, 2.05) is 0 Å². The van der Waals surface area contributed by atoms with Gasteiger partial charge in [0.05, 0.1) is 0 Å². The Kier molecular flexibility index (Phi) is 4.58. The van der Waals surface area contributed by atoms with Gasteiger partial charge in [-0.2, -0.15) is 0 Å². The van der Waals surface area contributed by atoms with Crippen molar-refractivity contribution in [3.63, 3.8) is 0 Å². The summed E-state index contributed by atoms with van der Waals surface area (Å²) in [6, 6.07) is -0.331. The molecular weight excluding hydrogens is 172 g/mol. The normalized spacial score (nSPS) is 9.08. The third-order valence-corrected chi connectivity index (χ3v) is 1.43. The largest absolute Gasteiger partial charge is 0.480 e. The smallest absolute Gasteiger partial charge is 0.323 e. The molecule has 0 unspecified atom stereocenters. The van der Waals surface area contributed by atoms with Crippen LogP contribution in [0.15, 0.2) is 12.7 Å². The van der Waals surface area contributed by atoms with E-state index in [0.29, 0.717) is 6.54 Å². The van der Waals surface area contributed by atoms with Crippen LogP contribution in [0.25, 0.3) is 0 Å². The average molecular weight is 186 g/mol. The molecule has 0 saturated carbocycles. The van der Waals surface area contributed by atoms with Crippen LogP contribution in [-0.2, 0) is 4.79 Å².